The molecule has 3 N–H and O–H groups in total. The number of anilines is 1. The summed E-state index contributed by atoms with van der Waals surface area (Å²) >= 11 is -2.23. The molecular formula is C33H39N4O6S-. The number of hydrogen-bond acceptors (Lipinski definition) is 7. The number of carbonyl (C=O) groups is 2. The third-order valence-electron chi connectivity index (χ3n) is 8.12. The van der Waals surface area contributed by atoms with E-state index < -0.39 is 29.3 Å². The van der Waals surface area contributed by atoms with Crippen LogP contribution in [0.15, 0.2) is 84.9 Å². The van der Waals surface area contributed by atoms with Gasteiger partial charge < -0.3 is 30.0 Å². The van der Waals surface area contributed by atoms with Crippen LogP contribution in [0.4, 0.5) is 10.5 Å². The van der Waals surface area contributed by atoms with Crippen molar-refractivity contribution in [2.45, 2.75) is 55.8 Å². The predicted molar refractivity (Wildman–Crippen MR) is 168 cm³/mol. The van der Waals surface area contributed by atoms with Gasteiger partial charge in [0.1, 0.15) is 6.04 Å². The molecule has 1 aliphatic carbocycles. The largest absolute Gasteiger partial charge is 0.760 e. The number of alkyl carbamates (subject to hydrolysis) is 1. The first kappa shape index (κ1) is 31.8. The number of nitrogens with zero attached hydrogens (tertiary/aromatic N) is 1. The molecule has 1 aliphatic heterocycles. The molecule has 234 valence electrons. The molecule has 0 radical (unpaired) electrons. The topological polar surface area (TPSA) is 132 Å². The summed E-state index contributed by atoms with van der Waals surface area (Å²) in [7, 11) is 1.28. The van der Waals surface area contributed by atoms with Gasteiger partial charge in [0, 0.05) is 48.0 Å². The van der Waals surface area contributed by atoms with Crippen molar-refractivity contribution in [3.8, 4) is 0 Å². The minimum atomic E-state index is -2.23. The van der Waals surface area contributed by atoms with Gasteiger partial charge in [-0.25, -0.2) is 9.10 Å². The van der Waals surface area contributed by atoms with E-state index >= 15 is 0 Å². The zero-order valence-corrected chi connectivity index (χ0v) is 25.5. The lowest BCUT2D eigenvalue weighted by Crippen LogP contribution is -2.52. The summed E-state index contributed by atoms with van der Waals surface area (Å²) < 4.78 is 35.7. The van der Waals surface area contributed by atoms with Crippen LogP contribution in [0.1, 0.15) is 41.9 Å². The number of ether oxygens (including phenoxy) is 2. The van der Waals surface area contributed by atoms with Crippen LogP contribution in [0.5, 0.6) is 0 Å². The first-order chi connectivity index (χ1) is 21.4. The van der Waals surface area contributed by atoms with Crippen molar-refractivity contribution in [2.24, 2.45) is 0 Å². The van der Waals surface area contributed by atoms with Crippen molar-refractivity contribution >= 4 is 29.0 Å². The second kappa shape index (κ2) is 15.4. The van der Waals surface area contributed by atoms with E-state index in [0.29, 0.717) is 38.2 Å². The summed E-state index contributed by atoms with van der Waals surface area (Å²) in [5, 5.41) is 9.29. The van der Waals surface area contributed by atoms with Crippen molar-refractivity contribution < 1.29 is 27.8 Å². The van der Waals surface area contributed by atoms with Crippen LogP contribution in [0.2, 0.25) is 0 Å². The van der Waals surface area contributed by atoms with Crippen molar-refractivity contribution in [3.63, 3.8) is 0 Å². The van der Waals surface area contributed by atoms with E-state index in [2.05, 4.69) is 16.0 Å². The molecule has 0 aromatic heterocycles. The van der Waals surface area contributed by atoms with Crippen LogP contribution < -0.4 is 16.0 Å². The quantitative estimate of drug-likeness (QED) is 0.249. The Hall–Kier alpha value is -3.61. The summed E-state index contributed by atoms with van der Waals surface area (Å²) in [4.78, 5) is 26.4. The Morgan fingerprint density at radius 3 is 2.23 bits per heavy atom. The number of nitrogens with one attached hydrogen (secondary N) is 3. The van der Waals surface area contributed by atoms with Gasteiger partial charge in [-0.3, -0.25) is 9.00 Å². The van der Waals surface area contributed by atoms with Gasteiger partial charge in [-0.1, -0.05) is 78.9 Å². The smallest absolute Gasteiger partial charge is 0.407 e. The second-order valence-electron chi connectivity index (χ2n) is 11.2. The number of para-hydroxylation sites is 1. The zero-order valence-electron chi connectivity index (χ0n) is 24.7. The SMILES string of the molecule is COC(=O)N[C@H](C(=O)Nc1ccccc1CC[C@@H]1CN[C@H](CN(C2CC2)S(=O)[O-])CO1)C(c1ccccc1)c1ccccc1. The van der Waals surface area contributed by atoms with Crippen LogP contribution in [0, 0.1) is 0 Å². The highest BCUT2D eigenvalue weighted by molar-refractivity contribution is 7.76. The van der Waals surface area contributed by atoms with E-state index in [1.54, 1.807) is 0 Å². The molecule has 3 aromatic carbocycles. The van der Waals surface area contributed by atoms with E-state index in [9.17, 15) is 18.4 Å². The van der Waals surface area contributed by atoms with Crippen molar-refractivity contribution in [2.75, 3.05) is 32.1 Å². The lowest BCUT2D eigenvalue weighted by molar-refractivity contribution is -0.118. The van der Waals surface area contributed by atoms with E-state index in [0.717, 1.165) is 29.5 Å². The lowest BCUT2D eigenvalue weighted by atomic mass is 9.84. The third kappa shape index (κ3) is 8.52. The molecule has 0 bridgehead atoms. The summed E-state index contributed by atoms with van der Waals surface area (Å²) in [6, 6.07) is 26.0. The van der Waals surface area contributed by atoms with Crippen LogP contribution in [0.3, 0.4) is 0 Å². The molecule has 4 atom stereocenters. The van der Waals surface area contributed by atoms with Gasteiger partial charge in [-0.15, -0.1) is 0 Å². The van der Waals surface area contributed by atoms with Crippen molar-refractivity contribution in [3.05, 3.63) is 102 Å². The minimum absolute atomic E-state index is 0.0438. The number of aryl methyl sites for hydroxylation is 1. The normalized spacial score (nSPS) is 19.7. The summed E-state index contributed by atoms with van der Waals surface area (Å²) in [6.45, 7) is 1.46. The van der Waals surface area contributed by atoms with Crippen LogP contribution >= 0.6 is 0 Å². The molecule has 5 rings (SSSR count). The number of methoxy groups -OCH3 is 1. The van der Waals surface area contributed by atoms with Crippen molar-refractivity contribution in [1.82, 2.24) is 14.9 Å². The Balaban J connectivity index is 1.26. The van der Waals surface area contributed by atoms with Crippen molar-refractivity contribution in [1.29, 1.82) is 0 Å². The fraction of sp³-hybridized carbons (Fsp3) is 0.394. The third-order valence-corrected chi connectivity index (χ3v) is 8.95. The molecule has 2 fully saturated rings. The van der Waals surface area contributed by atoms with Gasteiger partial charge in [-0.05, 0) is 48.4 Å². The Kier molecular flexibility index (Phi) is 11.1. The first-order valence-electron chi connectivity index (χ1n) is 15.0. The van der Waals surface area contributed by atoms with Gasteiger partial charge in [0.05, 0.1) is 19.8 Å². The Bertz CT molecular complexity index is 1360. The number of benzene rings is 3. The molecule has 2 aliphatic rings. The monoisotopic (exact) mass is 619 g/mol. The Morgan fingerprint density at radius 1 is 1.02 bits per heavy atom. The zero-order chi connectivity index (χ0) is 30.9. The average Bonchev–Trinajstić information content (AvgIpc) is 3.90. The highest BCUT2D eigenvalue weighted by Gasteiger charge is 2.34. The minimum Gasteiger partial charge on any atom is -0.760 e. The van der Waals surface area contributed by atoms with Crippen LogP contribution in [0.25, 0.3) is 0 Å². The van der Waals surface area contributed by atoms with E-state index in [1.807, 2.05) is 84.9 Å². The van der Waals surface area contributed by atoms with E-state index in [4.69, 9.17) is 9.47 Å². The van der Waals surface area contributed by atoms with Gasteiger partial charge in [0.25, 0.3) is 0 Å². The molecular weight excluding hydrogens is 580 g/mol. The van der Waals surface area contributed by atoms with Gasteiger partial charge in [-0.2, -0.15) is 0 Å². The fourth-order valence-corrected chi connectivity index (χ4v) is 6.41. The molecule has 2 amide bonds. The second-order valence-corrected chi connectivity index (χ2v) is 12.1. The maximum atomic E-state index is 14.0. The van der Waals surface area contributed by atoms with Crippen LogP contribution in [-0.2, 0) is 32.0 Å². The number of carbonyl (C=O) groups excluding carboxylic acids is 2. The Morgan fingerprint density at radius 2 is 1.66 bits per heavy atom. The van der Waals surface area contributed by atoms with E-state index in [-0.39, 0.29) is 24.1 Å². The standard InChI is InChI=1S/C33H40N4O6S/c1-42-33(39)36-31(30(24-11-4-2-5-12-24)25-13-6-3-7-14-25)32(38)35-29-15-9-8-10-23(29)16-19-28-20-34-26(22-43-28)21-37(44(40)41)27-17-18-27/h2-15,26-28,30-31,34H,16-22H2,1H3,(H,35,38)(H,36,39)(H,40,41)/p-1/t26-,28-,31+/m1/s1. The number of hydrogen-bond donors (Lipinski definition) is 3. The molecule has 0 spiro atoms. The molecule has 1 saturated heterocycles. The predicted octanol–water partition coefficient (Wildman–Crippen LogP) is 3.73. The van der Waals surface area contributed by atoms with Gasteiger partial charge in [0.2, 0.25) is 5.91 Å². The fourth-order valence-electron chi connectivity index (χ4n) is 5.65. The Labute approximate surface area is 260 Å². The molecule has 10 nitrogen and oxygen atoms in total. The molecule has 1 heterocycles. The van der Waals surface area contributed by atoms with Gasteiger partial charge in [0.15, 0.2) is 0 Å². The number of rotatable bonds is 13. The molecule has 44 heavy (non-hydrogen) atoms. The molecule has 11 heteroatoms. The van der Waals surface area contributed by atoms with Gasteiger partial charge >= 0.3 is 6.09 Å². The average molecular weight is 620 g/mol. The summed E-state index contributed by atoms with van der Waals surface area (Å²) in [6.07, 6.45) is 2.46. The molecule has 1 unspecified atom stereocenters. The maximum Gasteiger partial charge on any atom is 0.407 e. The lowest BCUT2D eigenvalue weighted by Gasteiger charge is -2.34. The molecule has 1 saturated carbocycles. The number of amides is 2. The van der Waals surface area contributed by atoms with Crippen LogP contribution in [-0.4, -0.2) is 76.1 Å². The maximum absolute atomic E-state index is 14.0. The number of morpholine rings is 1. The first-order valence-corrected chi connectivity index (χ1v) is 16.0. The highest BCUT2D eigenvalue weighted by atomic mass is 32.2. The van der Waals surface area contributed by atoms with E-state index in [1.165, 1.54) is 11.4 Å². The highest BCUT2D eigenvalue weighted by Crippen LogP contribution is 2.30. The molecule has 3 aromatic rings. The summed E-state index contributed by atoms with van der Waals surface area (Å²) in [5.74, 6) is -0.830. The summed E-state index contributed by atoms with van der Waals surface area (Å²) in [5.41, 5.74) is 3.37.